The summed E-state index contributed by atoms with van der Waals surface area (Å²) in [4.78, 5) is 32.2. The number of fused-ring (bicyclic) bond motifs is 1. The molecule has 0 bridgehead atoms. The second-order valence-electron chi connectivity index (χ2n) is 9.89. The summed E-state index contributed by atoms with van der Waals surface area (Å²) >= 11 is 0. The lowest BCUT2D eigenvalue weighted by molar-refractivity contribution is -0.139. The average Bonchev–Trinajstić information content (AvgIpc) is 3.40. The molecule has 1 aliphatic heterocycles. The van der Waals surface area contributed by atoms with Gasteiger partial charge in [0.15, 0.2) is 0 Å². The lowest BCUT2D eigenvalue weighted by Gasteiger charge is -2.34. The van der Waals surface area contributed by atoms with Gasteiger partial charge in [0.05, 0.1) is 22.9 Å². The van der Waals surface area contributed by atoms with Crippen LogP contribution in [0.2, 0.25) is 0 Å². The van der Waals surface area contributed by atoms with Gasteiger partial charge in [-0.15, -0.1) is 0 Å². The van der Waals surface area contributed by atoms with Crippen LogP contribution in [0.4, 0.5) is 17.6 Å². The fraction of sp³-hybridized carbons (Fsp3) is 0.567. The topological polar surface area (TPSA) is 106 Å². The molecule has 2 aromatic heterocycles. The van der Waals surface area contributed by atoms with Crippen LogP contribution in [0.5, 0.6) is 0 Å². The molecule has 4 rings (SSSR count). The van der Waals surface area contributed by atoms with Crippen LogP contribution in [0.3, 0.4) is 0 Å². The first-order valence-electron chi connectivity index (χ1n) is 14.4. The molecule has 1 unspecified atom stereocenters. The summed E-state index contributed by atoms with van der Waals surface area (Å²) in [6, 6.07) is 5.06. The van der Waals surface area contributed by atoms with E-state index in [1.807, 2.05) is 51.9 Å². The second kappa shape index (κ2) is 16.2. The molecule has 0 fully saturated rings. The number of aromatic amines is 1. The third-order valence-corrected chi connectivity index (χ3v) is 6.99. The largest absolute Gasteiger partial charge is 0.422 e. The Morgan fingerprint density at radius 3 is 2.48 bits per heavy atom. The van der Waals surface area contributed by atoms with Crippen molar-refractivity contribution in [2.24, 2.45) is 0 Å². The molecule has 0 spiro atoms. The number of rotatable bonds is 7. The number of halogens is 4. The predicted molar refractivity (Wildman–Crippen MR) is 152 cm³/mol. The number of hydrogen-bond donors (Lipinski definition) is 1. The van der Waals surface area contributed by atoms with Gasteiger partial charge in [-0.1, -0.05) is 34.1 Å². The van der Waals surface area contributed by atoms with Crippen molar-refractivity contribution in [1.29, 1.82) is 5.26 Å². The minimum Gasteiger partial charge on any atom is -0.339 e. The van der Waals surface area contributed by atoms with E-state index in [1.54, 1.807) is 22.1 Å². The third kappa shape index (κ3) is 8.71. The Balaban J connectivity index is 0.000000473. The molecule has 0 saturated carbocycles. The number of alkyl halides is 3. The van der Waals surface area contributed by atoms with Crippen molar-refractivity contribution < 1.29 is 22.4 Å². The zero-order valence-electron chi connectivity index (χ0n) is 24.9. The number of pyridine rings is 1. The first-order valence-corrected chi connectivity index (χ1v) is 14.4. The van der Waals surface area contributed by atoms with E-state index in [9.17, 15) is 27.2 Å². The van der Waals surface area contributed by atoms with Crippen LogP contribution in [0.1, 0.15) is 93.9 Å². The monoisotopic (exact) mass is 592 g/mol. The third-order valence-electron chi connectivity index (χ3n) is 6.99. The van der Waals surface area contributed by atoms with Gasteiger partial charge in [0, 0.05) is 44.5 Å². The van der Waals surface area contributed by atoms with E-state index in [1.165, 1.54) is 0 Å². The Labute approximate surface area is 244 Å². The Morgan fingerprint density at radius 1 is 1.19 bits per heavy atom. The number of amides is 1. The molecule has 1 amide bonds. The number of carbonyl (C=O) groups is 1. The first kappa shape index (κ1) is 34.6. The molecule has 1 aliphatic carbocycles. The van der Waals surface area contributed by atoms with Gasteiger partial charge in [-0.25, -0.2) is 9.49 Å². The standard InChI is InChI=1S/C21H28F4N4O2.C7H6N2.C2H6/c1-3-5-10-28(9-4-2)20(31)14-12-29(11-8-15(14)22)16-7-6-13-17(21(23,24)25)19(30)27-26-18(13)16;1-6-2-3-7(4-8)5-9-6;1-2/h16H,3-12H2,1-2H3,(H,27,30);2-3,5H,1H3;1-2H3. The summed E-state index contributed by atoms with van der Waals surface area (Å²) in [5.41, 5.74) is -0.765. The van der Waals surface area contributed by atoms with Crippen molar-refractivity contribution in [1.82, 2.24) is 25.0 Å². The highest BCUT2D eigenvalue weighted by Gasteiger charge is 2.43. The summed E-state index contributed by atoms with van der Waals surface area (Å²) in [6.45, 7) is 11.2. The van der Waals surface area contributed by atoms with Crippen LogP contribution < -0.4 is 5.56 Å². The highest BCUT2D eigenvalue weighted by Crippen LogP contribution is 2.41. The van der Waals surface area contributed by atoms with Gasteiger partial charge in [-0.05, 0) is 50.3 Å². The van der Waals surface area contributed by atoms with E-state index in [4.69, 9.17) is 5.26 Å². The van der Waals surface area contributed by atoms with E-state index in [-0.39, 0.29) is 48.7 Å². The number of aryl methyl sites for hydroxylation is 1. The summed E-state index contributed by atoms with van der Waals surface area (Å²) in [6.07, 6.45) is -0.308. The van der Waals surface area contributed by atoms with Crippen LogP contribution in [-0.4, -0.2) is 57.1 Å². The number of aromatic nitrogens is 3. The zero-order valence-corrected chi connectivity index (χ0v) is 24.9. The Kier molecular flexibility index (Phi) is 13.3. The molecule has 42 heavy (non-hydrogen) atoms. The normalized spacial score (nSPS) is 16.4. The Bertz CT molecular complexity index is 1320. The number of hydrogen-bond acceptors (Lipinski definition) is 6. The Hall–Kier alpha value is -3.59. The summed E-state index contributed by atoms with van der Waals surface area (Å²) in [5.74, 6) is -0.802. The van der Waals surface area contributed by atoms with E-state index >= 15 is 0 Å². The van der Waals surface area contributed by atoms with Crippen LogP contribution >= 0.6 is 0 Å². The number of nitrogens with one attached hydrogen (secondary N) is 1. The average molecular weight is 593 g/mol. The fourth-order valence-corrected chi connectivity index (χ4v) is 4.97. The van der Waals surface area contributed by atoms with Crippen molar-refractivity contribution in [2.75, 3.05) is 26.2 Å². The molecule has 12 heteroatoms. The van der Waals surface area contributed by atoms with Gasteiger partial charge in [0.2, 0.25) is 0 Å². The van der Waals surface area contributed by atoms with Gasteiger partial charge in [-0.3, -0.25) is 19.5 Å². The van der Waals surface area contributed by atoms with Crippen LogP contribution in [0.15, 0.2) is 34.5 Å². The van der Waals surface area contributed by atoms with Gasteiger partial charge < -0.3 is 4.90 Å². The van der Waals surface area contributed by atoms with Crippen molar-refractivity contribution in [3.8, 4) is 6.07 Å². The molecule has 2 aliphatic rings. The highest BCUT2D eigenvalue weighted by molar-refractivity contribution is 5.94. The van der Waals surface area contributed by atoms with Gasteiger partial charge in [-0.2, -0.15) is 23.5 Å². The molecular weight excluding hydrogens is 552 g/mol. The molecule has 0 radical (unpaired) electrons. The summed E-state index contributed by atoms with van der Waals surface area (Å²) in [7, 11) is 0. The van der Waals surface area contributed by atoms with Gasteiger partial charge in [0.1, 0.15) is 17.5 Å². The number of nitrogens with zero attached hydrogens (tertiary/aromatic N) is 5. The number of H-pyrrole nitrogens is 1. The molecule has 1 atom stereocenters. The maximum atomic E-state index is 14.6. The molecule has 8 nitrogen and oxygen atoms in total. The minimum atomic E-state index is -4.77. The van der Waals surface area contributed by atoms with Gasteiger partial charge in [0.25, 0.3) is 11.5 Å². The molecule has 3 heterocycles. The molecule has 0 aromatic carbocycles. The van der Waals surface area contributed by atoms with Crippen molar-refractivity contribution >= 4 is 5.91 Å². The van der Waals surface area contributed by atoms with Crippen LogP contribution in [0.25, 0.3) is 0 Å². The second-order valence-corrected chi connectivity index (χ2v) is 9.89. The smallest absolute Gasteiger partial charge is 0.339 e. The van der Waals surface area contributed by atoms with E-state index in [0.717, 1.165) is 25.0 Å². The summed E-state index contributed by atoms with van der Waals surface area (Å²) < 4.78 is 54.8. The van der Waals surface area contributed by atoms with Gasteiger partial charge >= 0.3 is 6.18 Å². The maximum absolute atomic E-state index is 14.6. The van der Waals surface area contributed by atoms with Crippen molar-refractivity contribution in [3.05, 3.63) is 68.2 Å². The predicted octanol–water partition coefficient (Wildman–Crippen LogP) is 6.03. The molecule has 2 aromatic rings. The van der Waals surface area contributed by atoms with E-state index in [2.05, 4.69) is 10.1 Å². The number of carbonyl (C=O) groups excluding carboxylic acids is 1. The lowest BCUT2D eigenvalue weighted by Crippen LogP contribution is -2.42. The van der Waals surface area contributed by atoms with E-state index < -0.39 is 29.2 Å². The Morgan fingerprint density at radius 2 is 1.90 bits per heavy atom. The maximum Gasteiger partial charge on any atom is 0.422 e. The summed E-state index contributed by atoms with van der Waals surface area (Å²) in [5, 5.41) is 14.2. The minimum absolute atomic E-state index is 0.0171. The zero-order chi connectivity index (χ0) is 31.4. The lowest BCUT2D eigenvalue weighted by atomic mass is 10.0. The number of nitriles is 1. The molecule has 230 valence electrons. The molecular formula is C30H40F4N6O2. The van der Waals surface area contributed by atoms with Crippen LogP contribution in [0, 0.1) is 18.3 Å². The van der Waals surface area contributed by atoms with Crippen LogP contribution in [-0.2, 0) is 17.4 Å². The highest BCUT2D eigenvalue weighted by atomic mass is 19.4. The first-order chi connectivity index (χ1) is 20.0. The van der Waals surface area contributed by atoms with Crippen molar-refractivity contribution in [2.45, 2.75) is 85.4 Å². The molecule has 0 saturated heterocycles. The van der Waals surface area contributed by atoms with Crippen molar-refractivity contribution in [3.63, 3.8) is 0 Å². The quantitative estimate of drug-likeness (QED) is 0.394. The SMILES string of the molecule is CC.CCCCN(CCC)C(=O)C1=C(F)CCN(C2CCc3c2n[nH]c(=O)c3C(F)(F)F)C1.Cc1ccc(C#N)cn1. The fourth-order valence-electron chi connectivity index (χ4n) is 4.97. The number of unbranched alkanes of at least 4 members (excludes halogenated alkanes) is 1. The van der Waals surface area contributed by atoms with E-state index in [0.29, 0.717) is 25.1 Å². The molecule has 1 N–H and O–H groups in total.